The van der Waals surface area contributed by atoms with Crippen molar-refractivity contribution in [1.82, 2.24) is 4.98 Å². The van der Waals surface area contributed by atoms with Crippen LogP contribution in [0.4, 0.5) is 20.2 Å². The van der Waals surface area contributed by atoms with Crippen LogP contribution in [0.5, 0.6) is 0 Å². The van der Waals surface area contributed by atoms with E-state index in [1.165, 1.54) is 11.3 Å². The molecule has 1 atom stereocenters. The molecule has 96 valence electrons. The van der Waals surface area contributed by atoms with Crippen LogP contribution in [0.2, 0.25) is 0 Å². The van der Waals surface area contributed by atoms with Crippen LogP contribution >= 0.6 is 11.3 Å². The highest BCUT2D eigenvalue weighted by Crippen LogP contribution is 2.28. The summed E-state index contributed by atoms with van der Waals surface area (Å²) in [5, 5.41) is 5.47. The standard InChI is InChI=1S/C12H13F2N3S/c1-2-10(12-16-3-4-18-12)17-11-8(13)5-7(15)6-9(11)14/h3-6,10,17H,2,15H2,1H3. The number of halogens is 2. The third-order valence-electron chi connectivity index (χ3n) is 2.54. The highest BCUT2D eigenvalue weighted by molar-refractivity contribution is 7.09. The van der Waals surface area contributed by atoms with Crippen molar-refractivity contribution < 1.29 is 8.78 Å². The van der Waals surface area contributed by atoms with E-state index in [-0.39, 0.29) is 17.4 Å². The van der Waals surface area contributed by atoms with E-state index in [0.717, 1.165) is 17.1 Å². The molecule has 0 aliphatic rings. The number of nitrogens with one attached hydrogen (secondary N) is 1. The number of anilines is 2. The summed E-state index contributed by atoms with van der Waals surface area (Å²) in [4.78, 5) is 4.15. The number of thiazole rings is 1. The number of aromatic nitrogens is 1. The second-order valence-electron chi connectivity index (χ2n) is 3.84. The zero-order chi connectivity index (χ0) is 13.1. The molecule has 0 saturated heterocycles. The Kier molecular flexibility index (Phi) is 3.76. The van der Waals surface area contributed by atoms with Crippen molar-refractivity contribution in [2.24, 2.45) is 0 Å². The smallest absolute Gasteiger partial charge is 0.151 e. The zero-order valence-electron chi connectivity index (χ0n) is 9.78. The third-order valence-corrected chi connectivity index (χ3v) is 3.43. The first-order valence-corrected chi connectivity index (χ1v) is 6.40. The molecular formula is C12H13F2N3S. The van der Waals surface area contributed by atoms with Crippen molar-refractivity contribution in [3.05, 3.63) is 40.4 Å². The molecule has 6 heteroatoms. The van der Waals surface area contributed by atoms with Gasteiger partial charge in [-0.3, -0.25) is 0 Å². The topological polar surface area (TPSA) is 50.9 Å². The second-order valence-corrected chi connectivity index (χ2v) is 4.76. The molecule has 0 aliphatic carbocycles. The molecule has 0 amide bonds. The van der Waals surface area contributed by atoms with Crippen LogP contribution in [0, 0.1) is 11.6 Å². The first kappa shape index (κ1) is 12.8. The SMILES string of the molecule is CCC(Nc1c(F)cc(N)cc1F)c1nccs1. The predicted molar refractivity (Wildman–Crippen MR) is 69.5 cm³/mol. The largest absolute Gasteiger partial charge is 0.399 e. The van der Waals surface area contributed by atoms with Gasteiger partial charge in [-0.2, -0.15) is 0 Å². The summed E-state index contributed by atoms with van der Waals surface area (Å²) in [6, 6.07) is 1.98. The molecule has 0 aliphatic heterocycles. The Balaban J connectivity index is 2.28. The maximum absolute atomic E-state index is 13.7. The van der Waals surface area contributed by atoms with Gasteiger partial charge in [-0.1, -0.05) is 6.92 Å². The van der Waals surface area contributed by atoms with Gasteiger partial charge in [0.15, 0.2) is 11.6 Å². The van der Waals surface area contributed by atoms with Gasteiger partial charge in [-0.25, -0.2) is 13.8 Å². The van der Waals surface area contributed by atoms with Crippen molar-refractivity contribution in [2.75, 3.05) is 11.1 Å². The lowest BCUT2D eigenvalue weighted by atomic mass is 10.2. The van der Waals surface area contributed by atoms with Crippen LogP contribution in [-0.2, 0) is 0 Å². The molecule has 1 unspecified atom stereocenters. The van der Waals surface area contributed by atoms with E-state index >= 15 is 0 Å². The van der Waals surface area contributed by atoms with Gasteiger partial charge < -0.3 is 11.1 Å². The fourth-order valence-electron chi connectivity index (χ4n) is 1.65. The molecule has 3 nitrogen and oxygen atoms in total. The Bertz CT molecular complexity index is 505. The zero-order valence-corrected chi connectivity index (χ0v) is 10.6. The highest BCUT2D eigenvalue weighted by atomic mass is 32.1. The van der Waals surface area contributed by atoms with Crippen LogP contribution < -0.4 is 11.1 Å². The molecule has 0 radical (unpaired) electrons. The van der Waals surface area contributed by atoms with E-state index in [0.29, 0.717) is 6.42 Å². The molecule has 0 fully saturated rings. The molecule has 3 N–H and O–H groups in total. The Labute approximate surface area is 108 Å². The minimum atomic E-state index is -0.692. The van der Waals surface area contributed by atoms with Gasteiger partial charge in [-0.15, -0.1) is 11.3 Å². The number of nitrogen functional groups attached to an aromatic ring is 1. The van der Waals surface area contributed by atoms with E-state index in [4.69, 9.17) is 5.73 Å². The van der Waals surface area contributed by atoms with Crippen LogP contribution in [-0.4, -0.2) is 4.98 Å². The van der Waals surface area contributed by atoms with Gasteiger partial charge in [0.25, 0.3) is 0 Å². The molecule has 2 rings (SSSR count). The molecular weight excluding hydrogens is 256 g/mol. The van der Waals surface area contributed by atoms with Crippen molar-refractivity contribution in [3.63, 3.8) is 0 Å². The van der Waals surface area contributed by atoms with Crippen LogP contribution in [0.25, 0.3) is 0 Å². The summed E-state index contributed by atoms with van der Waals surface area (Å²) in [5.41, 5.74) is 5.27. The van der Waals surface area contributed by atoms with Crippen LogP contribution in [0.3, 0.4) is 0 Å². The first-order valence-electron chi connectivity index (χ1n) is 5.52. The average molecular weight is 269 g/mol. The fraction of sp³-hybridized carbons (Fsp3) is 0.250. The van der Waals surface area contributed by atoms with Gasteiger partial charge in [-0.05, 0) is 18.6 Å². The minimum absolute atomic E-state index is 0.0675. The number of hydrogen-bond donors (Lipinski definition) is 2. The van der Waals surface area contributed by atoms with Gasteiger partial charge in [0.05, 0.1) is 6.04 Å². The average Bonchev–Trinajstić information content (AvgIpc) is 2.81. The van der Waals surface area contributed by atoms with E-state index in [1.807, 2.05) is 12.3 Å². The Hall–Kier alpha value is -1.69. The number of benzene rings is 1. The Morgan fingerprint density at radius 3 is 2.56 bits per heavy atom. The fourth-order valence-corrected chi connectivity index (χ4v) is 2.42. The Morgan fingerprint density at radius 1 is 1.39 bits per heavy atom. The van der Waals surface area contributed by atoms with Crippen molar-refractivity contribution in [2.45, 2.75) is 19.4 Å². The molecule has 0 spiro atoms. The molecule has 1 heterocycles. The van der Waals surface area contributed by atoms with Gasteiger partial charge in [0.2, 0.25) is 0 Å². The molecule has 18 heavy (non-hydrogen) atoms. The predicted octanol–water partition coefficient (Wildman–Crippen LogP) is 3.57. The van der Waals surface area contributed by atoms with Gasteiger partial charge in [0, 0.05) is 17.3 Å². The summed E-state index contributed by atoms with van der Waals surface area (Å²) in [6.07, 6.45) is 2.34. The van der Waals surface area contributed by atoms with E-state index in [1.54, 1.807) is 6.20 Å². The number of nitrogens with zero attached hydrogens (tertiary/aromatic N) is 1. The Morgan fingerprint density at radius 2 is 2.06 bits per heavy atom. The lowest BCUT2D eigenvalue weighted by molar-refractivity contribution is 0.581. The first-order chi connectivity index (χ1) is 8.61. The lowest BCUT2D eigenvalue weighted by Crippen LogP contribution is -2.12. The second kappa shape index (κ2) is 5.30. The molecule has 0 saturated carbocycles. The number of rotatable bonds is 4. The van der Waals surface area contributed by atoms with Crippen molar-refractivity contribution >= 4 is 22.7 Å². The summed E-state index contributed by atoms with van der Waals surface area (Å²) < 4.78 is 27.3. The molecule has 1 aromatic heterocycles. The van der Waals surface area contributed by atoms with Gasteiger partial charge in [0.1, 0.15) is 10.7 Å². The van der Waals surface area contributed by atoms with E-state index < -0.39 is 11.6 Å². The molecule has 1 aromatic carbocycles. The summed E-state index contributed by atoms with van der Waals surface area (Å²) in [7, 11) is 0. The van der Waals surface area contributed by atoms with E-state index in [2.05, 4.69) is 10.3 Å². The minimum Gasteiger partial charge on any atom is -0.399 e. The number of hydrogen-bond acceptors (Lipinski definition) is 4. The van der Waals surface area contributed by atoms with Crippen molar-refractivity contribution in [1.29, 1.82) is 0 Å². The monoisotopic (exact) mass is 269 g/mol. The quantitative estimate of drug-likeness (QED) is 0.834. The summed E-state index contributed by atoms with van der Waals surface area (Å²) in [5.74, 6) is -1.38. The normalized spacial score (nSPS) is 12.4. The maximum atomic E-state index is 13.7. The maximum Gasteiger partial charge on any atom is 0.151 e. The summed E-state index contributed by atoms with van der Waals surface area (Å²) in [6.45, 7) is 1.92. The third kappa shape index (κ3) is 2.59. The van der Waals surface area contributed by atoms with Gasteiger partial charge >= 0.3 is 0 Å². The molecule has 2 aromatic rings. The molecule has 0 bridgehead atoms. The highest BCUT2D eigenvalue weighted by Gasteiger charge is 2.17. The summed E-state index contributed by atoms with van der Waals surface area (Å²) >= 11 is 1.45. The van der Waals surface area contributed by atoms with Crippen LogP contribution in [0.15, 0.2) is 23.7 Å². The van der Waals surface area contributed by atoms with E-state index in [9.17, 15) is 8.78 Å². The number of nitrogens with two attached hydrogens (primary N) is 1. The lowest BCUT2D eigenvalue weighted by Gasteiger charge is -2.17. The van der Waals surface area contributed by atoms with Crippen LogP contribution in [0.1, 0.15) is 24.4 Å². The van der Waals surface area contributed by atoms with Crippen molar-refractivity contribution in [3.8, 4) is 0 Å².